The molecule has 0 aliphatic carbocycles. The van der Waals surface area contributed by atoms with Crippen LogP contribution >= 0.6 is 0 Å². The third-order valence-corrected chi connectivity index (χ3v) is 3.43. The molecule has 2 aromatic rings. The lowest BCUT2D eigenvalue weighted by Gasteiger charge is -2.12. The third-order valence-electron chi connectivity index (χ3n) is 3.43. The highest BCUT2D eigenvalue weighted by Crippen LogP contribution is 1.97. The zero-order chi connectivity index (χ0) is 16.5. The first-order valence-electron chi connectivity index (χ1n) is 8.09. The number of aliphatic imine (C=N–C) groups is 1. The van der Waals surface area contributed by atoms with Crippen molar-refractivity contribution in [3.63, 3.8) is 0 Å². The topological polar surface area (TPSA) is 85.0 Å². The van der Waals surface area contributed by atoms with Gasteiger partial charge in [0.2, 0.25) is 0 Å². The van der Waals surface area contributed by atoms with E-state index in [0.29, 0.717) is 0 Å². The second-order valence-corrected chi connectivity index (χ2v) is 5.25. The molecule has 0 aliphatic rings. The number of aryl methyl sites for hydroxylation is 2. The van der Waals surface area contributed by atoms with Crippen molar-refractivity contribution in [2.45, 2.75) is 33.2 Å². The molecule has 0 spiro atoms. The van der Waals surface area contributed by atoms with Crippen molar-refractivity contribution in [2.75, 3.05) is 19.6 Å². The number of guanidine groups is 1. The lowest BCUT2D eigenvalue weighted by atomic mass is 10.3. The quantitative estimate of drug-likeness (QED) is 0.543. The normalized spacial score (nSPS) is 11.7. The zero-order valence-corrected chi connectivity index (χ0v) is 14.2. The van der Waals surface area contributed by atoms with Gasteiger partial charge in [-0.15, -0.1) is 10.2 Å². The maximum Gasteiger partial charge on any atom is 0.191 e. The Kier molecular flexibility index (Phi) is 6.58. The molecule has 0 saturated heterocycles. The van der Waals surface area contributed by atoms with E-state index in [0.717, 1.165) is 50.8 Å². The first kappa shape index (κ1) is 17.0. The Balaban J connectivity index is 1.79. The lowest BCUT2D eigenvalue weighted by Crippen LogP contribution is -2.39. The van der Waals surface area contributed by atoms with E-state index in [1.54, 1.807) is 6.33 Å². The van der Waals surface area contributed by atoms with Gasteiger partial charge in [0.25, 0.3) is 0 Å². The Bertz CT molecular complexity index is 613. The second-order valence-electron chi connectivity index (χ2n) is 5.25. The van der Waals surface area contributed by atoms with Gasteiger partial charge < -0.3 is 15.2 Å². The highest BCUT2D eigenvalue weighted by Gasteiger charge is 2.02. The van der Waals surface area contributed by atoms with Crippen molar-refractivity contribution >= 4 is 5.96 Å². The third kappa shape index (κ3) is 5.39. The minimum atomic E-state index is 0.730. The predicted molar refractivity (Wildman–Crippen MR) is 90.3 cm³/mol. The molecule has 0 amide bonds. The van der Waals surface area contributed by atoms with Crippen LogP contribution in [0.5, 0.6) is 0 Å². The average Bonchev–Trinajstić information content (AvgIpc) is 3.16. The van der Waals surface area contributed by atoms with Gasteiger partial charge in [-0.3, -0.25) is 9.67 Å². The summed E-state index contributed by atoms with van der Waals surface area (Å²) in [7, 11) is 1.92. The molecule has 0 unspecified atom stereocenters. The SMILES string of the molecule is CCNC(=NCCc1cnn(C)c1)NCCn1cnnc1CC. The lowest BCUT2D eigenvalue weighted by molar-refractivity contribution is 0.632. The summed E-state index contributed by atoms with van der Waals surface area (Å²) in [5.74, 6) is 1.84. The summed E-state index contributed by atoms with van der Waals surface area (Å²) in [6.45, 7) is 7.32. The fourth-order valence-corrected chi connectivity index (χ4v) is 2.27. The van der Waals surface area contributed by atoms with Crippen LogP contribution in [-0.4, -0.2) is 50.1 Å². The maximum absolute atomic E-state index is 4.60. The van der Waals surface area contributed by atoms with Crippen LogP contribution in [-0.2, 0) is 26.4 Å². The van der Waals surface area contributed by atoms with Crippen molar-refractivity contribution in [3.05, 3.63) is 30.1 Å². The fourth-order valence-electron chi connectivity index (χ4n) is 2.27. The van der Waals surface area contributed by atoms with Crippen LogP contribution in [0.15, 0.2) is 23.7 Å². The summed E-state index contributed by atoms with van der Waals surface area (Å²) in [5.41, 5.74) is 1.20. The molecular weight excluding hydrogens is 292 g/mol. The molecule has 23 heavy (non-hydrogen) atoms. The van der Waals surface area contributed by atoms with Crippen molar-refractivity contribution < 1.29 is 0 Å². The molecule has 0 atom stereocenters. The summed E-state index contributed by atoms with van der Waals surface area (Å²) >= 11 is 0. The number of rotatable bonds is 8. The molecule has 0 radical (unpaired) electrons. The maximum atomic E-state index is 4.60. The summed E-state index contributed by atoms with van der Waals surface area (Å²) in [5, 5.41) is 18.8. The molecule has 0 aromatic carbocycles. The molecule has 8 nitrogen and oxygen atoms in total. The number of hydrogen-bond donors (Lipinski definition) is 2. The Morgan fingerprint density at radius 2 is 2.17 bits per heavy atom. The Morgan fingerprint density at radius 3 is 2.87 bits per heavy atom. The Morgan fingerprint density at radius 1 is 1.30 bits per heavy atom. The smallest absolute Gasteiger partial charge is 0.191 e. The standard InChI is InChI=1S/C15H26N8/c1-4-14-21-19-12-23(14)9-8-18-15(16-5-2)17-7-6-13-10-20-22(3)11-13/h10-12H,4-9H2,1-3H3,(H2,16,17,18). The van der Waals surface area contributed by atoms with Gasteiger partial charge in [-0.1, -0.05) is 6.92 Å². The van der Waals surface area contributed by atoms with Crippen LogP contribution in [0, 0.1) is 0 Å². The van der Waals surface area contributed by atoms with Gasteiger partial charge in [-0.2, -0.15) is 5.10 Å². The van der Waals surface area contributed by atoms with E-state index in [1.165, 1.54) is 5.56 Å². The monoisotopic (exact) mass is 318 g/mol. The van der Waals surface area contributed by atoms with Gasteiger partial charge in [-0.05, 0) is 18.9 Å². The molecule has 8 heteroatoms. The minimum Gasteiger partial charge on any atom is -0.357 e. The largest absolute Gasteiger partial charge is 0.357 e. The zero-order valence-electron chi connectivity index (χ0n) is 14.2. The molecule has 0 bridgehead atoms. The highest BCUT2D eigenvalue weighted by molar-refractivity contribution is 5.79. The van der Waals surface area contributed by atoms with Crippen LogP contribution in [0.25, 0.3) is 0 Å². The van der Waals surface area contributed by atoms with Gasteiger partial charge in [-0.25, -0.2) is 0 Å². The molecule has 0 aliphatic heterocycles. The van der Waals surface area contributed by atoms with E-state index >= 15 is 0 Å². The highest BCUT2D eigenvalue weighted by atomic mass is 15.3. The Labute approximate surface area is 137 Å². The van der Waals surface area contributed by atoms with E-state index in [1.807, 2.05) is 24.1 Å². The van der Waals surface area contributed by atoms with E-state index in [9.17, 15) is 0 Å². The average molecular weight is 318 g/mol. The molecule has 0 fully saturated rings. The van der Waals surface area contributed by atoms with E-state index in [2.05, 4.69) is 49.3 Å². The Hall–Kier alpha value is -2.38. The van der Waals surface area contributed by atoms with Crippen molar-refractivity contribution in [2.24, 2.45) is 12.0 Å². The summed E-state index contributed by atoms with van der Waals surface area (Å²) < 4.78 is 3.87. The fraction of sp³-hybridized carbons (Fsp3) is 0.600. The van der Waals surface area contributed by atoms with E-state index < -0.39 is 0 Å². The van der Waals surface area contributed by atoms with Crippen molar-refractivity contribution in [1.82, 2.24) is 35.2 Å². The van der Waals surface area contributed by atoms with Crippen LogP contribution in [0.4, 0.5) is 0 Å². The molecule has 2 aromatic heterocycles. The summed E-state index contributed by atoms with van der Waals surface area (Å²) in [4.78, 5) is 4.60. The molecular formula is C15H26N8. The van der Waals surface area contributed by atoms with Gasteiger partial charge in [0, 0.05) is 45.8 Å². The molecule has 0 saturated carbocycles. The molecule has 126 valence electrons. The molecule has 2 rings (SSSR count). The first-order chi connectivity index (χ1) is 11.2. The van der Waals surface area contributed by atoms with E-state index in [4.69, 9.17) is 0 Å². The first-order valence-corrected chi connectivity index (χ1v) is 8.09. The summed E-state index contributed by atoms with van der Waals surface area (Å²) in [6, 6.07) is 0. The predicted octanol–water partition coefficient (Wildman–Crippen LogP) is 0.372. The number of hydrogen-bond acceptors (Lipinski definition) is 4. The number of nitrogens with zero attached hydrogens (tertiary/aromatic N) is 6. The molecule has 2 N–H and O–H groups in total. The molecule has 2 heterocycles. The van der Waals surface area contributed by atoms with Crippen LogP contribution in [0.2, 0.25) is 0 Å². The van der Waals surface area contributed by atoms with Crippen molar-refractivity contribution in [1.29, 1.82) is 0 Å². The number of aromatic nitrogens is 5. The minimum absolute atomic E-state index is 0.730. The van der Waals surface area contributed by atoms with Crippen LogP contribution in [0.1, 0.15) is 25.2 Å². The van der Waals surface area contributed by atoms with Gasteiger partial charge >= 0.3 is 0 Å². The van der Waals surface area contributed by atoms with E-state index in [-0.39, 0.29) is 0 Å². The number of nitrogens with one attached hydrogen (secondary N) is 2. The van der Waals surface area contributed by atoms with Gasteiger partial charge in [0.1, 0.15) is 12.2 Å². The van der Waals surface area contributed by atoms with Gasteiger partial charge in [0.05, 0.1) is 6.20 Å². The second kappa shape index (κ2) is 8.92. The van der Waals surface area contributed by atoms with Crippen LogP contribution < -0.4 is 10.6 Å². The summed E-state index contributed by atoms with van der Waals surface area (Å²) in [6.07, 6.45) is 7.45. The van der Waals surface area contributed by atoms with Crippen molar-refractivity contribution in [3.8, 4) is 0 Å². The van der Waals surface area contributed by atoms with Gasteiger partial charge in [0.15, 0.2) is 5.96 Å². The van der Waals surface area contributed by atoms with Crippen LogP contribution in [0.3, 0.4) is 0 Å².